The van der Waals surface area contributed by atoms with E-state index in [1.165, 1.54) is 12.1 Å². The van der Waals surface area contributed by atoms with Crippen LogP contribution in [0.3, 0.4) is 0 Å². The van der Waals surface area contributed by atoms with Crippen LogP contribution < -0.4 is 20.3 Å². The maximum atomic E-state index is 13.4. The number of nitrogens with zero attached hydrogens (tertiary/aromatic N) is 6. The quantitative estimate of drug-likeness (QED) is 0.0517. The van der Waals surface area contributed by atoms with Crippen molar-refractivity contribution in [2.24, 2.45) is 0 Å². The highest BCUT2D eigenvalue weighted by molar-refractivity contribution is 9.08. The lowest BCUT2D eigenvalue weighted by Gasteiger charge is -2.28. The zero-order valence-corrected chi connectivity index (χ0v) is 72.0. The Morgan fingerprint density at radius 3 is 1.03 bits per heavy atom. The number of hydrogen-bond acceptors (Lipinski definition) is 23. The highest BCUT2D eigenvalue weighted by atomic mass is 79.9. The van der Waals surface area contributed by atoms with E-state index in [1.807, 2.05) is 0 Å². The number of halogens is 13. The number of ether oxygens (including phenoxy) is 7. The third-order valence-corrected chi connectivity index (χ3v) is 20.4. The van der Waals surface area contributed by atoms with E-state index in [1.54, 1.807) is 119 Å². The van der Waals surface area contributed by atoms with Gasteiger partial charge in [-0.1, -0.05) is 83.0 Å². The summed E-state index contributed by atoms with van der Waals surface area (Å²) in [5.41, 5.74) is 6.43. The third kappa shape index (κ3) is 29.0. The van der Waals surface area contributed by atoms with Crippen LogP contribution in [0.25, 0.3) is 43.9 Å². The Bertz CT molecular complexity index is 4820. The van der Waals surface area contributed by atoms with Crippen molar-refractivity contribution in [3.8, 4) is 0 Å². The number of nitrogens with two attached hydrogens (primary N) is 1. The van der Waals surface area contributed by atoms with Gasteiger partial charge in [0, 0.05) is 93.5 Å². The standard InChI is InChI=1S/C24H31ClF2N2O6.C18H22BrClN2O5.C15H17ClF2N2O4S.C14H15ClF2N2O2.C6H10F2O/c1-22(2,3)33-20(30)29(21(31)34-23(4,5)6)19-16-12-17(25)14(11-18(16)35-28-19)13-32-15-7-9-24(26,27)10-8-15;1-17(2,3)25-15(23)22(16(24)26-18(4,5)6)14-11-8-12(20)10(9-19)7-13(11)27-21-14;1-25(21,22)20-14-11-7-12(16)9(6-13(11)24-19-14)8-23-10-2-4-15(17,18)5-3-10;15-11-6-10-12(21-19-13(10)18)5-8(11)7-20-9-1-3-14(16,17)4-2-9;7-6(8)3-1-5(9)2-4-6/h11-12,15H,7-10,13H2,1-6H3;7-8H,9H2,1-6H3;6-7,10H,2-5,8H2,1H3,(H,19,20);5-6,9H,1-4,7H2,(H2,18,19);5,9H,1-4H2. The predicted octanol–water partition coefficient (Wildman–Crippen LogP) is 23.0. The number of hydrogen-bond donors (Lipinski definition) is 3. The first-order valence-electron chi connectivity index (χ1n) is 37.2. The summed E-state index contributed by atoms with van der Waals surface area (Å²) >= 11 is 28.4. The topological polar surface area (TPSA) is 336 Å². The molecule has 4 fully saturated rings. The molecule has 0 unspecified atom stereocenters. The zero-order valence-electron chi connectivity index (χ0n) is 66.5. The van der Waals surface area contributed by atoms with Gasteiger partial charge in [0.2, 0.25) is 33.7 Å². The Balaban J connectivity index is 0.000000190. The van der Waals surface area contributed by atoms with Crippen molar-refractivity contribution in [1.29, 1.82) is 0 Å². The van der Waals surface area contributed by atoms with Crippen LogP contribution in [0.4, 0.5) is 77.6 Å². The maximum absolute atomic E-state index is 13.4. The van der Waals surface area contributed by atoms with Crippen molar-refractivity contribution < 1.29 is 119 Å². The number of anilines is 4. The average Bonchev–Trinajstić information content (AvgIpc) is 1.60. The molecule has 12 rings (SSSR count). The molecule has 0 atom stereocenters. The van der Waals surface area contributed by atoms with Crippen LogP contribution >= 0.6 is 62.3 Å². The number of aromatic nitrogens is 4. The lowest BCUT2D eigenvalue weighted by molar-refractivity contribution is -0.0840. The van der Waals surface area contributed by atoms with E-state index >= 15 is 0 Å². The zero-order chi connectivity index (χ0) is 86.9. The molecule has 4 aliphatic carbocycles. The molecule has 4 aromatic carbocycles. The Kier molecular flexibility index (Phi) is 31.4. The Hall–Kier alpha value is -7.29. The van der Waals surface area contributed by atoms with E-state index in [9.17, 15) is 62.7 Å². The van der Waals surface area contributed by atoms with Gasteiger partial charge in [0.1, 0.15) is 22.4 Å². The van der Waals surface area contributed by atoms with Gasteiger partial charge in [-0.3, -0.25) is 4.72 Å². The summed E-state index contributed by atoms with van der Waals surface area (Å²) in [6, 6.07) is 12.9. The van der Waals surface area contributed by atoms with E-state index in [4.69, 9.17) is 108 Å². The molecule has 8 aromatic rings. The second-order valence-corrected chi connectivity index (χ2v) is 36.6. The van der Waals surface area contributed by atoms with Gasteiger partial charge in [-0.05, 0) is 189 Å². The van der Waals surface area contributed by atoms with Crippen LogP contribution in [0.2, 0.25) is 20.1 Å². The molecule has 40 heteroatoms. The van der Waals surface area contributed by atoms with Gasteiger partial charge in [-0.25, -0.2) is 62.7 Å². The van der Waals surface area contributed by atoms with Crippen molar-refractivity contribution in [2.75, 3.05) is 26.5 Å². The summed E-state index contributed by atoms with van der Waals surface area (Å²) in [5.74, 6) is -10.1. The van der Waals surface area contributed by atoms with E-state index in [2.05, 4.69) is 41.3 Å². The second kappa shape index (κ2) is 38.6. The molecule has 4 N–H and O–H groups in total. The van der Waals surface area contributed by atoms with Gasteiger partial charge in [0.05, 0.1) is 72.0 Å². The van der Waals surface area contributed by atoms with E-state index < -0.39 is 86.6 Å². The number of aliphatic hydroxyl groups excluding tert-OH is 1. The van der Waals surface area contributed by atoms with Gasteiger partial charge in [0.25, 0.3) is 0 Å². The number of sulfonamides is 1. The number of nitrogen functional groups attached to an aromatic ring is 1. The molecule has 117 heavy (non-hydrogen) atoms. The number of carbonyl (C=O) groups is 4. The van der Waals surface area contributed by atoms with Gasteiger partial charge in [0.15, 0.2) is 45.6 Å². The van der Waals surface area contributed by atoms with Crippen molar-refractivity contribution in [3.05, 3.63) is 90.9 Å². The monoisotopic (exact) mass is 1820 g/mol. The minimum absolute atomic E-state index is 0.0449. The minimum Gasteiger partial charge on any atom is -0.443 e. The molecule has 0 radical (unpaired) electrons. The maximum Gasteiger partial charge on any atom is 0.425 e. The van der Waals surface area contributed by atoms with E-state index in [0.29, 0.717) is 99.9 Å². The van der Waals surface area contributed by atoms with Crippen molar-refractivity contribution in [3.63, 3.8) is 0 Å². The fraction of sp³-hybridized carbons (Fsp3) is 0.584. The number of benzene rings is 4. The number of carbonyl (C=O) groups excluding carboxylic acids is 4. The number of amides is 4. The first-order chi connectivity index (χ1) is 54.0. The van der Waals surface area contributed by atoms with Gasteiger partial charge >= 0.3 is 24.4 Å². The second-order valence-electron chi connectivity index (χ2n) is 32.7. The number of nitrogens with one attached hydrogen (secondary N) is 1. The van der Waals surface area contributed by atoms with Crippen molar-refractivity contribution >= 4 is 164 Å². The minimum atomic E-state index is -3.50. The first kappa shape index (κ1) is 95.2. The number of alkyl halides is 9. The van der Waals surface area contributed by atoms with Gasteiger partial charge in [-0.2, -0.15) is 9.80 Å². The normalized spacial score (nSPS) is 17.4. The summed E-state index contributed by atoms with van der Waals surface area (Å²) in [4.78, 5) is 52.6. The van der Waals surface area contributed by atoms with Crippen molar-refractivity contribution in [2.45, 2.75) is 281 Å². The first-order valence-corrected chi connectivity index (χ1v) is 41.7. The Labute approximate surface area is 698 Å². The van der Waals surface area contributed by atoms with Crippen LogP contribution in [-0.4, -0.2) is 135 Å². The highest BCUT2D eigenvalue weighted by Gasteiger charge is 2.42. The average molecular weight is 1830 g/mol. The van der Waals surface area contributed by atoms with Crippen LogP contribution in [0.1, 0.15) is 208 Å². The van der Waals surface area contributed by atoms with Crippen LogP contribution in [0.5, 0.6) is 0 Å². The SMILES string of the molecule is CC(C)(C)OC(=O)N(C(=O)OC(C)(C)C)c1noc2cc(CBr)c(Cl)cc12.CC(C)(C)OC(=O)N(C(=O)OC(C)(C)C)c1noc2cc(COC3CCC(F)(F)CC3)c(Cl)cc12.CS(=O)(=O)Nc1noc2cc(COC3CCC(F)(F)CC3)c(Cl)cc12.Nc1noc2cc(COC3CCC(F)(F)CC3)c(Cl)cc12.OC1CCC(F)(F)CC1. The number of imide groups is 2. The fourth-order valence-corrected chi connectivity index (χ4v) is 13.9. The molecule has 4 heterocycles. The summed E-state index contributed by atoms with van der Waals surface area (Å²) < 4.78 is 188. The van der Waals surface area contributed by atoms with Crippen LogP contribution in [0, 0.1) is 0 Å². The largest absolute Gasteiger partial charge is 0.443 e. The molecule has 0 spiro atoms. The van der Waals surface area contributed by atoms with Crippen molar-refractivity contribution in [1.82, 2.24) is 20.6 Å². The molecule has 0 bridgehead atoms. The summed E-state index contributed by atoms with van der Waals surface area (Å²) in [5, 5.41) is 27.8. The smallest absolute Gasteiger partial charge is 0.425 e. The summed E-state index contributed by atoms with van der Waals surface area (Å²) in [7, 11) is -3.50. The number of aliphatic hydroxyl groups is 1. The Morgan fingerprint density at radius 1 is 0.462 bits per heavy atom. The molecule has 4 amide bonds. The van der Waals surface area contributed by atoms with Crippen LogP contribution in [0.15, 0.2) is 66.6 Å². The molecule has 648 valence electrons. The summed E-state index contributed by atoms with van der Waals surface area (Å²) in [6.07, 6.45) is -2.90. The highest BCUT2D eigenvalue weighted by Crippen LogP contribution is 2.42. The molecule has 4 aromatic heterocycles. The van der Waals surface area contributed by atoms with Gasteiger partial charge < -0.3 is 62.1 Å². The summed E-state index contributed by atoms with van der Waals surface area (Å²) in [6.45, 7) is 20.6. The molecule has 4 aliphatic rings. The molecular formula is C77H95BrCl4F8N8O18S. The number of rotatable bonds is 14. The van der Waals surface area contributed by atoms with E-state index in [-0.39, 0.29) is 154 Å². The Morgan fingerprint density at radius 2 is 0.726 bits per heavy atom. The number of fused-ring (bicyclic) bond motifs is 4. The van der Waals surface area contributed by atoms with Gasteiger partial charge in [-0.15, -0.1) is 0 Å². The van der Waals surface area contributed by atoms with Crippen LogP contribution in [-0.2, 0) is 68.3 Å². The molecule has 4 saturated carbocycles. The lowest BCUT2D eigenvalue weighted by atomic mass is 9.94. The van der Waals surface area contributed by atoms with E-state index in [0.717, 1.165) is 17.4 Å². The lowest BCUT2D eigenvalue weighted by Crippen LogP contribution is -2.44. The fourth-order valence-electron chi connectivity index (χ4n) is 11.9. The molecule has 26 nitrogen and oxygen atoms in total. The molecule has 0 aliphatic heterocycles. The molecular weight excluding hydrogens is 1730 g/mol. The molecule has 0 saturated heterocycles. The predicted molar refractivity (Wildman–Crippen MR) is 427 cm³/mol. The third-order valence-electron chi connectivity index (χ3n) is 17.8.